The number of nitrogens with one attached hydrogen (secondary N) is 1. The number of non-ortho nitro benzene ring substituents is 1. The van der Waals surface area contributed by atoms with Crippen molar-refractivity contribution in [3.05, 3.63) is 46.5 Å². The second-order valence-corrected chi connectivity index (χ2v) is 3.90. The number of benzene rings is 1. The smallest absolute Gasteiger partial charge is 0.269 e. The van der Waals surface area contributed by atoms with Gasteiger partial charge in [-0.1, -0.05) is 12.2 Å². The zero-order valence-corrected chi connectivity index (χ0v) is 9.93. The Balaban J connectivity index is 2.63. The molecule has 90 valence electrons. The lowest BCUT2D eigenvalue weighted by Gasteiger charge is -2.02. The van der Waals surface area contributed by atoms with E-state index in [-0.39, 0.29) is 5.69 Å². The predicted molar refractivity (Wildman–Crippen MR) is 69.3 cm³/mol. The summed E-state index contributed by atoms with van der Waals surface area (Å²) in [6.45, 7) is 7.63. The molecular formula is C12H15N3O2. The van der Waals surface area contributed by atoms with E-state index < -0.39 is 4.92 Å². The molecule has 0 aliphatic carbocycles. The monoisotopic (exact) mass is 233 g/mol. The SMILES string of the molecule is C=C(C)C/C(C)=N/Nc1ccc([N+](=O)[O-])cc1. The van der Waals surface area contributed by atoms with Crippen LogP contribution in [0.25, 0.3) is 0 Å². The Morgan fingerprint density at radius 1 is 1.41 bits per heavy atom. The number of hydrogen-bond acceptors (Lipinski definition) is 4. The van der Waals surface area contributed by atoms with Gasteiger partial charge in [0.1, 0.15) is 0 Å². The molecule has 0 aliphatic heterocycles. The number of nitrogens with zero attached hydrogens (tertiary/aromatic N) is 2. The zero-order valence-electron chi connectivity index (χ0n) is 9.93. The van der Waals surface area contributed by atoms with Crippen molar-refractivity contribution in [2.75, 3.05) is 5.43 Å². The van der Waals surface area contributed by atoms with Gasteiger partial charge >= 0.3 is 0 Å². The molecule has 5 heteroatoms. The molecule has 0 fully saturated rings. The van der Waals surface area contributed by atoms with Crippen molar-refractivity contribution in [3.63, 3.8) is 0 Å². The number of rotatable bonds is 5. The highest BCUT2D eigenvalue weighted by Gasteiger charge is 2.03. The Hall–Kier alpha value is -2.17. The van der Waals surface area contributed by atoms with Crippen LogP contribution in [-0.4, -0.2) is 10.6 Å². The average molecular weight is 233 g/mol. The van der Waals surface area contributed by atoms with Crippen molar-refractivity contribution in [2.24, 2.45) is 5.10 Å². The summed E-state index contributed by atoms with van der Waals surface area (Å²) in [5.74, 6) is 0. The highest BCUT2D eigenvalue weighted by molar-refractivity contribution is 5.84. The highest BCUT2D eigenvalue weighted by Crippen LogP contribution is 2.15. The van der Waals surface area contributed by atoms with Crippen LogP contribution in [0.4, 0.5) is 11.4 Å². The Bertz CT molecular complexity index is 449. The Morgan fingerprint density at radius 3 is 2.47 bits per heavy atom. The van der Waals surface area contributed by atoms with Gasteiger partial charge in [0.25, 0.3) is 5.69 Å². The molecular weight excluding hydrogens is 218 g/mol. The summed E-state index contributed by atoms with van der Waals surface area (Å²) in [5.41, 5.74) is 5.58. The number of hydrazone groups is 1. The van der Waals surface area contributed by atoms with E-state index in [2.05, 4.69) is 17.1 Å². The second-order valence-electron chi connectivity index (χ2n) is 3.90. The normalized spacial score (nSPS) is 11.1. The minimum absolute atomic E-state index is 0.0678. The summed E-state index contributed by atoms with van der Waals surface area (Å²) >= 11 is 0. The van der Waals surface area contributed by atoms with Crippen molar-refractivity contribution < 1.29 is 4.92 Å². The van der Waals surface area contributed by atoms with Crippen molar-refractivity contribution in [2.45, 2.75) is 20.3 Å². The van der Waals surface area contributed by atoms with Gasteiger partial charge in [-0.25, -0.2) is 0 Å². The average Bonchev–Trinajstić information content (AvgIpc) is 2.26. The van der Waals surface area contributed by atoms with Gasteiger partial charge in [-0.2, -0.15) is 5.10 Å². The number of allylic oxidation sites excluding steroid dienone is 1. The Kier molecular flexibility index (Phi) is 4.39. The Labute approximate surface area is 100.0 Å². The van der Waals surface area contributed by atoms with Crippen LogP contribution in [-0.2, 0) is 0 Å². The first-order valence-corrected chi connectivity index (χ1v) is 5.17. The van der Waals surface area contributed by atoms with Crippen LogP contribution < -0.4 is 5.43 Å². The second kappa shape index (κ2) is 5.79. The van der Waals surface area contributed by atoms with Crippen LogP contribution in [0.15, 0.2) is 41.5 Å². The van der Waals surface area contributed by atoms with Crippen LogP contribution in [0, 0.1) is 10.1 Å². The number of hydrogen-bond donors (Lipinski definition) is 1. The van der Waals surface area contributed by atoms with E-state index in [1.165, 1.54) is 12.1 Å². The van der Waals surface area contributed by atoms with E-state index in [4.69, 9.17) is 0 Å². The fourth-order valence-corrected chi connectivity index (χ4v) is 1.29. The quantitative estimate of drug-likeness (QED) is 0.367. The minimum atomic E-state index is -0.431. The van der Waals surface area contributed by atoms with Crippen LogP contribution in [0.2, 0.25) is 0 Å². The van der Waals surface area contributed by atoms with E-state index in [0.29, 0.717) is 0 Å². The number of nitro groups is 1. The fourth-order valence-electron chi connectivity index (χ4n) is 1.29. The third-order valence-corrected chi connectivity index (χ3v) is 2.01. The third-order valence-electron chi connectivity index (χ3n) is 2.01. The summed E-state index contributed by atoms with van der Waals surface area (Å²) in [6.07, 6.45) is 0.736. The van der Waals surface area contributed by atoms with E-state index in [9.17, 15) is 10.1 Å². The van der Waals surface area contributed by atoms with Crippen molar-refractivity contribution in [3.8, 4) is 0 Å². The largest absolute Gasteiger partial charge is 0.279 e. The summed E-state index contributed by atoms with van der Waals surface area (Å²) < 4.78 is 0. The van der Waals surface area contributed by atoms with E-state index in [1.54, 1.807) is 12.1 Å². The van der Waals surface area contributed by atoms with Gasteiger partial charge in [0.2, 0.25) is 0 Å². The molecule has 1 aromatic carbocycles. The predicted octanol–water partition coefficient (Wildman–Crippen LogP) is 3.35. The molecule has 0 aromatic heterocycles. The molecule has 1 aromatic rings. The summed E-state index contributed by atoms with van der Waals surface area (Å²) in [7, 11) is 0. The first-order valence-electron chi connectivity index (χ1n) is 5.17. The van der Waals surface area contributed by atoms with Crippen molar-refractivity contribution in [1.29, 1.82) is 0 Å². The van der Waals surface area contributed by atoms with E-state index in [1.807, 2.05) is 13.8 Å². The molecule has 0 amide bonds. The number of nitro benzene ring substituents is 1. The van der Waals surface area contributed by atoms with Gasteiger partial charge < -0.3 is 0 Å². The summed E-state index contributed by atoms with van der Waals surface area (Å²) in [4.78, 5) is 10.0. The lowest BCUT2D eigenvalue weighted by atomic mass is 10.2. The maximum Gasteiger partial charge on any atom is 0.269 e. The first-order chi connectivity index (χ1) is 7.99. The van der Waals surface area contributed by atoms with E-state index >= 15 is 0 Å². The highest BCUT2D eigenvalue weighted by atomic mass is 16.6. The fraction of sp³-hybridized carbons (Fsp3) is 0.250. The lowest BCUT2D eigenvalue weighted by molar-refractivity contribution is -0.384. The molecule has 0 saturated carbocycles. The Morgan fingerprint density at radius 2 is 2.00 bits per heavy atom. The van der Waals surface area contributed by atoms with Gasteiger partial charge in [-0.3, -0.25) is 15.5 Å². The summed E-state index contributed by atoms with van der Waals surface area (Å²) in [6, 6.07) is 6.11. The molecule has 17 heavy (non-hydrogen) atoms. The van der Waals surface area contributed by atoms with Crippen LogP contribution in [0.3, 0.4) is 0 Å². The minimum Gasteiger partial charge on any atom is -0.279 e. The molecule has 0 radical (unpaired) electrons. The summed E-state index contributed by atoms with van der Waals surface area (Å²) in [5, 5.41) is 14.6. The lowest BCUT2D eigenvalue weighted by Crippen LogP contribution is -1.98. The first kappa shape index (κ1) is 12.9. The number of anilines is 1. The standard InChI is InChI=1S/C12H15N3O2/c1-9(2)8-10(3)13-14-11-4-6-12(7-5-11)15(16)17/h4-7,14H,1,8H2,2-3H3/b13-10+. The molecule has 0 heterocycles. The van der Waals surface area contributed by atoms with Crippen molar-refractivity contribution >= 4 is 17.1 Å². The molecule has 1 rings (SSSR count). The van der Waals surface area contributed by atoms with Gasteiger partial charge in [0, 0.05) is 24.3 Å². The molecule has 0 spiro atoms. The molecule has 5 nitrogen and oxygen atoms in total. The van der Waals surface area contributed by atoms with Gasteiger partial charge in [-0.15, -0.1) is 0 Å². The van der Waals surface area contributed by atoms with Crippen LogP contribution in [0.5, 0.6) is 0 Å². The van der Waals surface area contributed by atoms with Gasteiger partial charge in [0.15, 0.2) is 0 Å². The van der Waals surface area contributed by atoms with Gasteiger partial charge in [0.05, 0.1) is 10.6 Å². The molecule has 1 N–H and O–H groups in total. The van der Waals surface area contributed by atoms with Crippen molar-refractivity contribution in [1.82, 2.24) is 0 Å². The van der Waals surface area contributed by atoms with Crippen LogP contribution in [0.1, 0.15) is 20.3 Å². The molecule has 0 saturated heterocycles. The maximum absolute atomic E-state index is 10.4. The maximum atomic E-state index is 10.4. The zero-order chi connectivity index (χ0) is 12.8. The molecule has 0 aliphatic rings. The molecule has 0 atom stereocenters. The topological polar surface area (TPSA) is 67.5 Å². The third kappa shape index (κ3) is 4.46. The van der Waals surface area contributed by atoms with Gasteiger partial charge in [-0.05, 0) is 26.0 Å². The molecule has 0 bridgehead atoms. The van der Waals surface area contributed by atoms with Crippen LogP contribution >= 0.6 is 0 Å². The molecule has 0 unspecified atom stereocenters. The van der Waals surface area contributed by atoms with E-state index in [0.717, 1.165) is 23.4 Å².